The molecule has 0 unspecified atom stereocenters. The first-order chi connectivity index (χ1) is 9.54. The summed E-state index contributed by atoms with van der Waals surface area (Å²) >= 11 is 0. The molecule has 0 spiro atoms. The van der Waals surface area contributed by atoms with Gasteiger partial charge in [-0.15, -0.1) is 0 Å². The van der Waals surface area contributed by atoms with Crippen LogP contribution in [-0.4, -0.2) is 17.1 Å². The molecular formula is C15H17NO4. The van der Waals surface area contributed by atoms with Gasteiger partial charge in [-0.3, -0.25) is 4.79 Å². The van der Waals surface area contributed by atoms with Crippen molar-refractivity contribution in [2.24, 2.45) is 0 Å². The van der Waals surface area contributed by atoms with E-state index >= 15 is 0 Å². The molecule has 0 aliphatic rings. The summed E-state index contributed by atoms with van der Waals surface area (Å²) in [6.07, 6.45) is 3.13. The molecule has 0 bridgehead atoms. The van der Waals surface area contributed by atoms with Gasteiger partial charge >= 0.3 is 5.97 Å². The maximum atomic E-state index is 12.1. The fourth-order valence-electron chi connectivity index (χ4n) is 2.19. The molecule has 0 saturated carbocycles. The first kappa shape index (κ1) is 14.1. The Morgan fingerprint density at radius 1 is 1.40 bits per heavy atom. The highest BCUT2D eigenvalue weighted by Crippen LogP contribution is 2.14. The van der Waals surface area contributed by atoms with Gasteiger partial charge in [-0.1, -0.05) is 0 Å². The second kappa shape index (κ2) is 5.77. The molecule has 0 fully saturated rings. The molecule has 2 aromatic heterocycles. The molecule has 2 aromatic rings. The van der Waals surface area contributed by atoms with E-state index in [0.717, 1.165) is 5.56 Å². The molecule has 0 radical (unpaired) electrons. The summed E-state index contributed by atoms with van der Waals surface area (Å²) in [6.45, 7) is 5.92. The van der Waals surface area contributed by atoms with Gasteiger partial charge in [0.25, 0.3) is 5.56 Å². The Hall–Kier alpha value is -2.30. The summed E-state index contributed by atoms with van der Waals surface area (Å²) in [5.41, 5.74) is 2.42. The Balaban J connectivity index is 2.49. The molecule has 0 aliphatic carbocycles. The molecule has 2 heterocycles. The molecule has 5 nitrogen and oxygen atoms in total. The number of ether oxygens (including phenoxy) is 1. The fraction of sp³-hybridized carbons (Fsp3) is 0.333. The number of furan rings is 1. The highest BCUT2D eigenvalue weighted by atomic mass is 16.5. The quantitative estimate of drug-likeness (QED) is 0.803. The van der Waals surface area contributed by atoms with E-state index in [1.807, 2.05) is 0 Å². The predicted octanol–water partition coefficient (Wildman–Crippen LogP) is 2.28. The van der Waals surface area contributed by atoms with Crippen LogP contribution in [-0.2, 0) is 11.3 Å². The first-order valence-corrected chi connectivity index (χ1v) is 6.43. The lowest BCUT2D eigenvalue weighted by molar-refractivity contribution is 0.0523. The van der Waals surface area contributed by atoms with Crippen molar-refractivity contribution >= 4 is 5.97 Å². The van der Waals surface area contributed by atoms with E-state index in [1.54, 1.807) is 43.9 Å². The van der Waals surface area contributed by atoms with Gasteiger partial charge in [-0.25, -0.2) is 4.79 Å². The van der Waals surface area contributed by atoms with Crippen LogP contribution in [0, 0.1) is 13.8 Å². The van der Waals surface area contributed by atoms with Gasteiger partial charge in [0.05, 0.1) is 31.2 Å². The Morgan fingerprint density at radius 3 is 2.75 bits per heavy atom. The topological polar surface area (TPSA) is 61.4 Å². The molecule has 0 atom stereocenters. The number of esters is 1. The minimum atomic E-state index is -0.400. The van der Waals surface area contributed by atoms with Crippen LogP contribution in [0.4, 0.5) is 0 Å². The van der Waals surface area contributed by atoms with Crippen LogP contribution in [0.15, 0.2) is 33.9 Å². The van der Waals surface area contributed by atoms with Gasteiger partial charge in [0.2, 0.25) is 0 Å². The van der Waals surface area contributed by atoms with E-state index in [9.17, 15) is 9.59 Å². The number of pyridine rings is 1. The van der Waals surface area contributed by atoms with E-state index in [-0.39, 0.29) is 5.56 Å². The van der Waals surface area contributed by atoms with Crippen LogP contribution in [0.5, 0.6) is 0 Å². The molecule has 0 saturated heterocycles. The van der Waals surface area contributed by atoms with Crippen molar-refractivity contribution in [3.8, 4) is 0 Å². The van der Waals surface area contributed by atoms with Crippen molar-refractivity contribution in [1.29, 1.82) is 0 Å². The summed E-state index contributed by atoms with van der Waals surface area (Å²) in [5.74, 6) is -0.400. The van der Waals surface area contributed by atoms with Crippen molar-refractivity contribution < 1.29 is 13.9 Å². The number of aromatic nitrogens is 1. The van der Waals surface area contributed by atoms with Crippen LogP contribution in [0.3, 0.4) is 0 Å². The Labute approximate surface area is 116 Å². The monoisotopic (exact) mass is 275 g/mol. The van der Waals surface area contributed by atoms with Gasteiger partial charge in [0, 0.05) is 17.3 Å². The lowest BCUT2D eigenvalue weighted by atomic mass is 10.1. The normalized spacial score (nSPS) is 10.6. The molecule has 2 rings (SSSR count). The molecule has 0 N–H and O–H groups in total. The third-order valence-electron chi connectivity index (χ3n) is 3.17. The van der Waals surface area contributed by atoms with Crippen LogP contribution in [0.25, 0.3) is 0 Å². The summed E-state index contributed by atoms with van der Waals surface area (Å²) in [6, 6.07) is 3.25. The van der Waals surface area contributed by atoms with Crippen LogP contribution >= 0.6 is 0 Å². The van der Waals surface area contributed by atoms with E-state index in [0.29, 0.717) is 30.0 Å². The lowest BCUT2D eigenvalue weighted by Crippen LogP contribution is -2.26. The average molecular weight is 275 g/mol. The maximum absolute atomic E-state index is 12.1. The second-order valence-corrected chi connectivity index (χ2v) is 4.56. The Morgan fingerprint density at radius 2 is 2.15 bits per heavy atom. The third kappa shape index (κ3) is 2.66. The number of hydrogen-bond donors (Lipinski definition) is 0. The minimum absolute atomic E-state index is 0.144. The zero-order chi connectivity index (χ0) is 14.7. The van der Waals surface area contributed by atoms with Gasteiger partial charge in [0.15, 0.2) is 0 Å². The second-order valence-electron chi connectivity index (χ2n) is 4.56. The molecular weight excluding hydrogens is 258 g/mol. The molecule has 0 aliphatic heterocycles. The number of carbonyl (C=O) groups is 1. The van der Waals surface area contributed by atoms with Crippen molar-refractivity contribution in [2.45, 2.75) is 27.3 Å². The van der Waals surface area contributed by atoms with Crippen molar-refractivity contribution in [1.82, 2.24) is 4.57 Å². The lowest BCUT2D eigenvalue weighted by Gasteiger charge is -2.14. The summed E-state index contributed by atoms with van der Waals surface area (Å²) < 4.78 is 11.6. The standard InChI is InChI=1S/C15H17NO4/c1-4-20-15(18)14-10(2)7-13(17)16(11(14)3)8-12-5-6-19-9-12/h5-7,9H,4,8H2,1-3H3. The number of nitrogens with zero attached hydrogens (tertiary/aromatic N) is 1. The highest BCUT2D eigenvalue weighted by molar-refractivity contribution is 5.92. The number of hydrogen-bond acceptors (Lipinski definition) is 4. The highest BCUT2D eigenvalue weighted by Gasteiger charge is 2.18. The smallest absolute Gasteiger partial charge is 0.340 e. The van der Waals surface area contributed by atoms with Crippen molar-refractivity contribution in [3.63, 3.8) is 0 Å². The summed E-state index contributed by atoms with van der Waals surface area (Å²) in [4.78, 5) is 24.1. The molecule has 0 amide bonds. The van der Waals surface area contributed by atoms with E-state index in [2.05, 4.69) is 0 Å². The van der Waals surface area contributed by atoms with Gasteiger partial charge < -0.3 is 13.7 Å². The largest absolute Gasteiger partial charge is 0.472 e. The van der Waals surface area contributed by atoms with Gasteiger partial charge in [0.1, 0.15) is 0 Å². The van der Waals surface area contributed by atoms with Crippen molar-refractivity contribution in [2.75, 3.05) is 6.61 Å². The molecule has 0 aromatic carbocycles. The first-order valence-electron chi connectivity index (χ1n) is 6.43. The van der Waals surface area contributed by atoms with E-state index < -0.39 is 5.97 Å². The van der Waals surface area contributed by atoms with E-state index in [4.69, 9.17) is 9.15 Å². The summed E-state index contributed by atoms with van der Waals surface area (Å²) in [5, 5.41) is 0. The fourth-order valence-corrected chi connectivity index (χ4v) is 2.19. The summed E-state index contributed by atoms with van der Waals surface area (Å²) in [7, 11) is 0. The Bertz CT molecular complexity index is 668. The predicted molar refractivity (Wildman–Crippen MR) is 73.9 cm³/mol. The molecule has 106 valence electrons. The number of rotatable bonds is 4. The van der Waals surface area contributed by atoms with E-state index in [1.165, 1.54) is 6.07 Å². The zero-order valence-corrected chi connectivity index (χ0v) is 11.8. The number of carbonyl (C=O) groups excluding carboxylic acids is 1. The maximum Gasteiger partial charge on any atom is 0.340 e. The van der Waals surface area contributed by atoms with Crippen LogP contribution in [0.2, 0.25) is 0 Å². The molecule has 5 heteroatoms. The average Bonchev–Trinajstić information content (AvgIpc) is 2.87. The van der Waals surface area contributed by atoms with Crippen molar-refractivity contribution in [3.05, 3.63) is 57.4 Å². The third-order valence-corrected chi connectivity index (χ3v) is 3.17. The Kier molecular flexibility index (Phi) is 4.08. The van der Waals surface area contributed by atoms with Gasteiger partial charge in [-0.2, -0.15) is 0 Å². The SMILES string of the molecule is CCOC(=O)c1c(C)cc(=O)n(Cc2ccoc2)c1C. The van der Waals surface area contributed by atoms with Crippen LogP contribution < -0.4 is 5.56 Å². The zero-order valence-electron chi connectivity index (χ0n) is 11.8. The van der Waals surface area contributed by atoms with Gasteiger partial charge in [-0.05, 0) is 32.4 Å². The van der Waals surface area contributed by atoms with Crippen LogP contribution in [0.1, 0.15) is 34.1 Å². The molecule has 20 heavy (non-hydrogen) atoms. The minimum Gasteiger partial charge on any atom is -0.472 e. The number of aryl methyl sites for hydroxylation is 1.